The summed E-state index contributed by atoms with van der Waals surface area (Å²) in [5, 5.41) is 0. The Labute approximate surface area is 143 Å². The predicted octanol–water partition coefficient (Wildman–Crippen LogP) is 3.37. The van der Waals surface area contributed by atoms with Crippen molar-refractivity contribution in [1.82, 2.24) is 9.88 Å². The van der Waals surface area contributed by atoms with E-state index in [1.807, 2.05) is 0 Å². The first kappa shape index (κ1) is 15.9. The number of nitrogens with zero attached hydrogens (tertiary/aromatic N) is 3. The van der Waals surface area contributed by atoms with Gasteiger partial charge in [-0.15, -0.1) is 0 Å². The summed E-state index contributed by atoms with van der Waals surface area (Å²) in [5.74, 6) is 0.0915. The highest BCUT2D eigenvalue weighted by atomic mass is 19.1. The summed E-state index contributed by atoms with van der Waals surface area (Å²) in [5.41, 5.74) is 0.790. The Morgan fingerprint density at radius 3 is 2.79 bits per heavy atom. The standard InChI is InChI=1S/C19H26FN3O/c20-16-12-21-10-7-17(16)22-11-3-8-19(13-22)9-6-18(24)23(14-19)15-4-1-2-5-15/h7,10,12,15H,1-6,8-9,11,13-14H2/t19-/m0/s1. The summed E-state index contributed by atoms with van der Waals surface area (Å²) in [6.45, 7) is 2.60. The number of anilines is 1. The summed E-state index contributed by atoms with van der Waals surface area (Å²) >= 11 is 0. The number of hydrogen-bond acceptors (Lipinski definition) is 3. The molecule has 3 heterocycles. The van der Waals surface area contributed by atoms with Crippen molar-refractivity contribution < 1.29 is 9.18 Å². The zero-order chi connectivity index (χ0) is 16.6. The van der Waals surface area contributed by atoms with E-state index in [0.29, 0.717) is 24.1 Å². The number of rotatable bonds is 2. The van der Waals surface area contributed by atoms with Crippen LogP contribution in [0.4, 0.5) is 10.1 Å². The van der Waals surface area contributed by atoms with E-state index >= 15 is 0 Å². The number of carbonyl (C=O) groups excluding carboxylic acids is 1. The number of likely N-dealkylation sites (tertiary alicyclic amines) is 1. The molecule has 1 aliphatic carbocycles. The lowest BCUT2D eigenvalue weighted by atomic mass is 9.73. The van der Waals surface area contributed by atoms with Crippen LogP contribution in [-0.4, -0.2) is 41.5 Å². The van der Waals surface area contributed by atoms with E-state index in [2.05, 4.69) is 14.8 Å². The van der Waals surface area contributed by atoms with Gasteiger partial charge in [0.15, 0.2) is 5.82 Å². The number of amides is 1. The number of piperidine rings is 2. The van der Waals surface area contributed by atoms with Gasteiger partial charge in [0.1, 0.15) is 0 Å². The minimum Gasteiger partial charge on any atom is -0.368 e. The Bertz CT molecular complexity index is 616. The molecule has 2 aliphatic heterocycles. The van der Waals surface area contributed by atoms with E-state index in [1.165, 1.54) is 19.0 Å². The molecule has 1 aromatic heterocycles. The third kappa shape index (κ3) is 2.89. The van der Waals surface area contributed by atoms with Gasteiger partial charge in [-0.2, -0.15) is 0 Å². The van der Waals surface area contributed by atoms with Gasteiger partial charge in [0.05, 0.1) is 11.9 Å². The maximum Gasteiger partial charge on any atom is 0.222 e. The smallest absolute Gasteiger partial charge is 0.222 e. The molecule has 0 radical (unpaired) electrons. The Morgan fingerprint density at radius 1 is 1.17 bits per heavy atom. The average molecular weight is 331 g/mol. The highest BCUT2D eigenvalue weighted by Gasteiger charge is 2.44. The van der Waals surface area contributed by atoms with Crippen LogP contribution in [-0.2, 0) is 4.79 Å². The second kappa shape index (κ2) is 6.34. The molecule has 24 heavy (non-hydrogen) atoms. The Balaban J connectivity index is 1.53. The van der Waals surface area contributed by atoms with Crippen LogP contribution in [0.5, 0.6) is 0 Å². The molecule has 1 atom stereocenters. The molecule has 130 valence electrons. The molecule has 0 unspecified atom stereocenters. The van der Waals surface area contributed by atoms with Gasteiger partial charge in [-0.05, 0) is 38.2 Å². The molecule has 4 nitrogen and oxygen atoms in total. The molecule has 1 saturated carbocycles. The van der Waals surface area contributed by atoms with Gasteiger partial charge in [-0.3, -0.25) is 9.78 Å². The molecule has 2 saturated heterocycles. The molecular formula is C19H26FN3O. The predicted molar refractivity (Wildman–Crippen MR) is 91.3 cm³/mol. The van der Waals surface area contributed by atoms with Gasteiger partial charge in [0.25, 0.3) is 0 Å². The molecule has 5 heteroatoms. The van der Waals surface area contributed by atoms with Crippen molar-refractivity contribution in [3.05, 3.63) is 24.3 Å². The van der Waals surface area contributed by atoms with Crippen LogP contribution in [0.3, 0.4) is 0 Å². The van der Waals surface area contributed by atoms with Crippen molar-refractivity contribution in [2.24, 2.45) is 5.41 Å². The molecule has 1 aromatic rings. The van der Waals surface area contributed by atoms with E-state index in [9.17, 15) is 9.18 Å². The van der Waals surface area contributed by atoms with Crippen LogP contribution >= 0.6 is 0 Å². The third-order valence-electron chi connectivity index (χ3n) is 6.21. The SMILES string of the molecule is O=C1CC[C@]2(CCCN(c3ccncc3F)C2)CN1C1CCCC1. The molecule has 4 rings (SSSR count). The van der Waals surface area contributed by atoms with Crippen LogP contribution < -0.4 is 4.90 Å². The minimum atomic E-state index is -0.242. The largest absolute Gasteiger partial charge is 0.368 e. The highest BCUT2D eigenvalue weighted by Crippen LogP contribution is 2.42. The average Bonchev–Trinajstić information content (AvgIpc) is 3.12. The molecule has 1 spiro atoms. The van der Waals surface area contributed by atoms with Crippen LogP contribution in [0.25, 0.3) is 0 Å². The van der Waals surface area contributed by atoms with Crippen molar-refractivity contribution >= 4 is 11.6 Å². The zero-order valence-corrected chi connectivity index (χ0v) is 14.2. The zero-order valence-electron chi connectivity index (χ0n) is 14.2. The lowest BCUT2D eigenvalue weighted by Crippen LogP contribution is -2.56. The topological polar surface area (TPSA) is 36.4 Å². The van der Waals surface area contributed by atoms with Crippen molar-refractivity contribution in [3.63, 3.8) is 0 Å². The first-order valence-corrected chi connectivity index (χ1v) is 9.31. The molecule has 3 aliphatic rings. The number of pyridine rings is 1. The van der Waals surface area contributed by atoms with Gasteiger partial charge >= 0.3 is 0 Å². The number of carbonyl (C=O) groups is 1. The molecule has 1 amide bonds. The van der Waals surface area contributed by atoms with Gasteiger partial charge in [0.2, 0.25) is 5.91 Å². The summed E-state index contributed by atoms with van der Waals surface area (Å²) in [6, 6.07) is 2.22. The second-order valence-corrected chi connectivity index (χ2v) is 7.81. The summed E-state index contributed by atoms with van der Waals surface area (Å²) in [4.78, 5) is 20.7. The fourth-order valence-corrected chi connectivity index (χ4v) is 4.96. The van der Waals surface area contributed by atoms with Crippen LogP contribution in [0.2, 0.25) is 0 Å². The lowest BCUT2D eigenvalue weighted by Gasteiger charge is -2.50. The molecule has 0 N–H and O–H groups in total. The minimum absolute atomic E-state index is 0.129. The normalized spacial score (nSPS) is 28.8. The van der Waals surface area contributed by atoms with E-state index < -0.39 is 0 Å². The summed E-state index contributed by atoms with van der Waals surface area (Å²) in [6.07, 6.45) is 11.6. The molecule has 3 fully saturated rings. The first-order chi connectivity index (χ1) is 11.7. The molecule has 0 bridgehead atoms. The van der Waals surface area contributed by atoms with E-state index in [1.54, 1.807) is 12.3 Å². The number of halogens is 1. The van der Waals surface area contributed by atoms with Crippen LogP contribution in [0.1, 0.15) is 51.4 Å². The third-order valence-corrected chi connectivity index (χ3v) is 6.21. The van der Waals surface area contributed by atoms with Crippen LogP contribution in [0, 0.1) is 11.2 Å². The number of aromatic nitrogens is 1. The van der Waals surface area contributed by atoms with E-state index in [0.717, 1.165) is 51.7 Å². The fraction of sp³-hybridized carbons (Fsp3) is 0.684. The monoisotopic (exact) mass is 331 g/mol. The Kier molecular flexibility index (Phi) is 4.19. The summed E-state index contributed by atoms with van der Waals surface area (Å²) in [7, 11) is 0. The van der Waals surface area contributed by atoms with Gasteiger partial charge in [0, 0.05) is 43.7 Å². The van der Waals surface area contributed by atoms with Crippen molar-refractivity contribution in [2.75, 3.05) is 24.5 Å². The van der Waals surface area contributed by atoms with Gasteiger partial charge in [-0.1, -0.05) is 12.8 Å². The highest BCUT2D eigenvalue weighted by molar-refractivity contribution is 5.77. The van der Waals surface area contributed by atoms with E-state index in [4.69, 9.17) is 0 Å². The van der Waals surface area contributed by atoms with Crippen LogP contribution in [0.15, 0.2) is 18.5 Å². The second-order valence-electron chi connectivity index (χ2n) is 7.81. The van der Waals surface area contributed by atoms with Crippen molar-refractivity contribution in [1.29, 1.82) is 0 Å². The maximum atomic E-state index is 14.1. The van der Waals surface area contributed by atoms with Gasteiger partial charge < -0.3 is 9.80 Å². The Hall–Kier alpha value is -1.65. The van der Waals surface area contributed by atoms with Gasteiger partial charge in [-0.25, -0.2) is 4.39 Å². The first-order valence-electron chi connectivity index (χ1n) is 9.31. The molecular weight excluding hydrogens is 305 g/mol. The summed E-state index contributed by atoms with van der Waals surface area (Å²) < 4.78 is 14.1. The Morgan fingerprint density at radius 2 is 2.00 bits per heavy atom. The lowest BCUT2D eigenvalue weighted by molar-refractivity contribution is -0.140. The molecule has 0 aromatic carbocycles. The fourth-order valence-electron chi connectivity index (χ4n) is 4.96. The number of hydrogen-bond donors (Lipinski definition) is 0. The van der Waals surface area contributed by atoms with Crippen molar-refractivity contribution in [3.8, 4) is 0 Å². The van der Waals surface area contributed by atoms with Crippen molar-refractivity contribution in [2.45, 2.75) is 57.4 Å². The van der Waals surface area contributed by atoms with E-state index in [-0.39, 0.29) is 11.2 Å². The maximum absolute atomic E-state index is 14.1. The quantitative estimate of drug-likeness (QED) is 0.834.